The molecular weight excluding hydrogens is 206 g/mol. The fourth-order valence-electron chi connectivity index (χ4n) is 0.803. The molecule has 0 aromatic heterocycles. The van der Waals surface area contributed by atoms with Crippen LogP contribution in [0.15, 0.2) is 0 Å². The molecule has 0 spiro atoms. The molecule has 0 saturated heterocycles. The van der Waals surface area contributed by atoms with Gasteiger partial charge in [-0.2, -0.15) is 11.8 Å². The lowest BCUT2D eigenvalue weighted by molar-refractivity contribution is -0.137. The van der Waals surface area contributed by atoms with Crippen molar-refractivity contribution in [2.45, 2.75) is 18.9 Å². The summed E-state index contributed by atoms with van der Waals surface area (Å²) in [6.07, 6.45) is 1.20. The third kappa shape index (κ3) is 6.73. The summed E-state index contributed by atoms with van der Waals surface area (Å²) in [4.78, 5) is 21.2. The van der Waals surface area contributed by atoms with Crippen molar-refractivity contribution < 1.29 is 19.8 Å². The molecular formula is C8H15NO4S. The second-order valence-electron chi connectivity index (χ2n) is 2.76. The van der Waals surface area contributed by atoms with Crippen molar-refractivity contribution in [3.05, 3.63) is 0 Å². The first kappa shape index (κ1) is 13.2. The highest BCUT2D eigenvalue weighted by molar-refractivity contribution is 7.98. The second-order valence-corrected chi connectivity index (χ2v) is 3.67. The molecule has 5 nitrogen and oxygen atoms in total. The molecule has 1 unspecified atom stereocenters. The minimum Gasteiger partial charge on any atom is -0.481 e. The van der Waals surface area contributed by atoms with Gasteiger partial charge in [0.25, 0.3) is 0 Å². The van der Waals surface area contributed by atoms with E-state index >= 15 is 0 Å². The number of nitrogens with one attached hydrogen (secondary N) is 1. The van der Waals surface area contributed by atoms with E-state index < -0.39 is 18.0 Å². The van der Waals surface area contributed by atoms with Gasteiger partial charge in [0.1, 0.15) is 6.10 Å². The number of amides is 1. The van der Waals surface area contributed by atoms with E-state index in [1.165, 1.54) is 11.8 Å². The molecule has 1 amide bonds. The van der Waals surface area contributed by atoms with Crippen LogP contribution in [-0.4, -0.2) is 46.7 Å². The summed E-state index contributed by atoms with van der Waals surface area (Å²) in [6, 6.07) is 0. The Morgan fingerprint density at radius 1 is 1.50 bits per heavy atom. The Hall–Kier alpha value is -0.750. The standard InChI is InChI=1S/C8H15NO4S/c1-14-5-6(10)8(13)9-4-2-3-7(11)12/h6,10H,2-5H2,1H3,(H,9,13)(H,11,12). The summed E-state index contributed by atoms with van der Waals surface area (Å²) in [6.45, 7) is 0.288. The fourth-order valence-corrected chi connectivity index (χ4v) is 1.27. The molecule has 82 valence electrons. The van der Waals surface area contributed by atoms with Gasteiger partial charge in [-0.25, -0.2) is 0 Å². The highest BCUT2D eigenvalue weighted by atomic mass is 32.2. The minimum atomic E-state index is -1.00. The van der Waals surface area contributed by atoms with E-state index in [2.05, 4.69) is 5.32 Å². The van der Waals surface area contributed by atoms with Crippen molar-refractivity contribution in [1.82, 2.24) is 5.32 Å². The quantitative estimate of drug-likeness (QED) is 0.513. The van der Waals surface area contributed by atoms with Gasteiger partial charge in [0, 0.05) is 18.7 Å². The van der Waals surface area contributed by atoms with Gasteiger partial charge in [-0.3, -0.25) is 9.59 Å². The number of aliphatic hydroxyl groups is 1. The molecule has 0 aliphatic carbocycles. The molecule has 0 saturated carbocycles. The van der Waals surface area contributed by atoms with E-state index in [0.717, 1.165) is 0 Å². The monoisotopic (exact) mass is 221 g/mol. The largest absolute Gasteiger partial charge is 0.481 e. The van der Waals surface area contributed by atoms with Crippen LogP contribution in [0.4, 0.5) is 0 Å². The van der Waals surface area contributed by atoms with Crippen LogP contribution < -0.4 is 5.32 Å². The lowest BCUT2D eigenvalue weighted by Crippen LogP contribution is -2.36. The van der Waals surface area contributed by atoms with Crippen LogP contribution in [-0.2, 0) is 9.59 Å². The number of carboxylic acids is 1. The van der Waals surface area contributed by atoms with Crippen LogP contribution in [0, 0.1) is 0 Å². The van der Waals surface area contributed by atoms with E-state index in [1.807, 2.05) is 0 Å². The Labute approximate surface area is 86.9 Å². The van der Waals surface area contributed by atoms with Gasteiger partial charge < -0.3 is 15.5 Å². The second kappa shape index (κ2) is 7.64. The molecule has 0 aromatic rings. The molecule has 1 atom stereocenters. The van der Waals surface area contributed by atoms with Crippen LogP contribution in [0.2, 0.25) is 0 Å². The predicted octanol–water partition coefficient (Wildman–Crippen LogP) is -0.309. The molecule has 3 N–H and O–H groups in total. The van der Waals surface area contributed by atoms with Gasteiger partial charge in [0.05, 0.1) is 0 Å². The zero-order valence-electron chi connectivity index (χ0n) is 8.02. The summed E-state index contributed by atoms with van der Waals surface area (Å²) < 4.78 is 0. The van der Waals surface area contributed by atoms with E-state index in [0.29, 0.717) is 12.2 Å². The number of rotatable bonds is 7. The van der Waals surface area contributed by atoms with Gasteiger partial charge >= 0.3 is 5.97 Å². The first-order valence-corrected chi connectivity index (χ1v) is 5.63. The van der Waals surface area contributed by atoms with E-state index in [4.69, 9.17) is 5.11 Å². The predicted molar refractivity (Wildman–Crippen MR) is 54.3 cm³/mol. The Kier molecular flexibility index (Phi) is 7.23. The summed E-state index contributed by atoms with van der Waals surface area (Å²) in [5, 5.41) is 19.9. The molecule has 0 bridgehead atoms. The van der Waals surface area contributed by atoms with Gasteiger partial charge in [0.15, 0.2) is 0 Å². The minimum absolute atomic E-state index is 0.0267. The van der Waals surface area contributed by atoms with E-state index in [9.17, 15) is 14.7 Å². The number of carbonyl (C=O) groups excluding carboxylic acids is 1. The van der Waals surface area contributed by atoms with Crippen LogP contribution in [0.25, 0.3) is 0 Å². The SMILES string of the molecule is CSCC(O)C(=O)NCCCC(=O)O. The van der Waals surface area contributed by atoms with Gasteiger partial charge in [-0.15, -0.1) is 0 Å². The van der Waals surface area contributed by atoms with Crippen molar-refractivity contribution in [1.29, 1.82) is 0 Å². The lowest BCUT2D eigenvalue weighted by Gasteiger charge is -2.09. The zero-order chi connectivity index (χ0) is 11.0. The summed E-state index contributed by atoms with van der Waals surface area (Å²) in [7, 11) is 0. The van der Waals surface area contributed by atoms with Crippen LogP contribution in [0.1, 0.15) is 12.8 Å². The van der Waals surface area contributed by atoms with Gasteiger partial charge in [-0.1, -0.05) is 0 Å². The Balaban J connectivity index is 3.48. The molecule has 0 rings (SSSR count). The third-order valence-corrected chi connectivity index (χ3v) is 2.14. The molecule has 0 aliphatic heterocycles. The first-order valence-electron chi connectivity index (χ1n) is 4.24. The number of carboxylic acid groups (broad SMARTS) is 1. The molecule has 0 heterocycles. The van der Waals surface area contributed by atoms with Crippen LogP contribution in [0.3, 0.4) is 0 Å². The summed E-state index contributed by atoms with van der Waals surface area (Å²) >= 11 is 1.38. The maximum absolute atomic E-state index is 11.1. The van der Waals surface area contributed by atoms with Crippen molar-refractivity contribution >= 4 is 23.6 Å². The average molecular weight is 221 g/mol. The Morgan fingerprint density at radius 2 is 2.14 bits per heavy atom. The van der Waals surface area contributed by atoms with Crippen molar-refractivity contribution in [2.75, 3.05) is 18.6 Å². The van der Waals surface area contributed by atoms with Crippen molar-refractivity contribution in [3.8, 4) is 0 Å². The number of carbonyl (C=O) groups is 2. The van der Waals surface area contributed by atoms with E-state index in [-0.39, 0.29) is 13.0 Å². The molecule has 6 heteroatoms. The summed E-state index contributed by atoms with van der Waals surface area (Å²) in [5.41, 5.74) is 0. The van der Waals surface area contributed by atoms with Crippen LogP contribution in [0.5, 0.6) is 0 Å². The molecule has 14 heavy (non-hydrogen) atoms. The van der Waals surface area contributed by atoms with Crippen LogP contribution >= 0.6 is 11.8 Å². The molecule has 0 radical (unpaired) electrons. The Bertz CT molecular complexity index is 198. The zero-order valence-corrected chi connectivity index (χ0v) is 8.84. The Morgan fingerprint density at radius 3 is 2.64 bits per heavy atom. The maximum Gasteiger partial charge on any atom is 0.303 e. The molecule has 0 aromatic carbocycles. The summed E-state index contributed by atoms with van der Waals surface area (Å²) in [5.74, 6) is -0.973. The third-order valence-electron chi connectivity index (χ3n) is 1.49. The lowest BCUT2D eigenvalue weighted by atomic mass is 10.3. The van der Waals surface area contributed by atoms with Gasteiger partial charge in [-0.05, 0) is 12.7 Å². The fraction of sp³-hybridized carbons (Fsp3) is 0.750. The average Bonchev–Trinajstić information content (AvgIpc) is 2.12. The highest BCUT2D eigenvalue weighted by Crippen LogP contribution is 1.96. The smallest absolute Gasteiger partial charge is 0.303 e. The maximum atomic E-state index is 11.1. The van der Waals surface area contributed by atoms with Gasteiger partial charge in [0.2, 0.25) is 5.91 Å². The van der Waals surface area contributed by atoms with Crippen molar-refractivity contribution in [2.24, 2.45) is 0 Å². The normalized spacial score (nSPS) is 12.1. The van der Waals surface area contributed by atoms with Crippen molar-refractivity contribution in [3.63, 3.8) is 0 Å². The number of aliphatic hydroxyl groups excluding tert-OH is 1. The number of hydrogen-bond acceptors (Lipinski definition) is 4. The molecule has 0 aliphatic rings. The highest BCUT2D eigenvalue weighted by Gasteiger charge is 2.12. The topological polar surface area (TPSA) is 86.6 Å². The van der Waals surface area contributed by atoms with E-state index in [1.54, 1.807) is 6.26 Å². The first-order chi connectivity index (χ1) is 6.57. The number of thioether (sulfide) groups is 1. The molecule has 0 fully saturated rings. The number of hydrogen-bond donors (Lipinski definition) is 3. The number of aliphatic carboxylic acids is 1.